The largest absolute Gasteiger partial charge is 0.288 e. The average Bonchev–Trinajstić information content (AvgIpc) is 2.64. The van der Waals surface area contributed by atoms with E-state index in [0.717, 1.165) is 13.1 Å². The van der Waals surface area contributed by atoms with Crippen LogP contribution in [0.2, 0.25) is 0 Å². The second-order valence-electron chi connectivity index (χ2n) is 8.75. The van der Waals surface area contributed by atoms with Crippen molar-refractivity contribution in [3.8, 4) is 0 Å². The molecule has 0 heterocycles. The summed E-state index contributed by atoms with van der Waals surface area (Å²) >= 11 is 0. The molecular formula is C24H54N4. The number of unbranched alkanes of at least 4 members (excludes halogenated alkanes) is 1. The van der Waals surface area contributed by atoms with Gasteiger partial charge < -0.3 is 0 Å². The van der Waals surface area contributed by atoms with Gasteiger partial charge in [0.05, 0.1) is 6.17 Å². The summed E-state index contributed by atoms with van der Waals surface area (Å²) in [5, 5.41) is 5.26. The summed E-state index contributed by atoms with van der Waals surface area (Å²) in [5.74, 6) is 0. The Morgan fingerprint density at radius 3 is 1.46 bits per heavy atom. The summed E-state index contributed by atoms with van der Waals surface area (Å²) in [6, 6.07) is 1.12. The summed E-state index contributed by atoms with van der Waals surface area (Å²) < 4.78 is 0. The minimum atomic E-state index is 0.562. The van der Waals surface area contributed by atoms with Crippen molar-refractivity contribution in [1.82, 2.24) is 19.8 Å². The Labute approximate surface area is 178 Å². The van der Waals surface area contributed by atoms with Crippen molar-refractivity contribution in [3.63, 3.8) is 0 Å². The van der Waals surface area contributed by atoms with Gasteiger partial charge in [0.1, 0.15) is 0 Å². The van der Waals surface area contributed by atoms with E-state index in [4.69, 9.17) is 0 Å². The minimum absolute atomic E-state index is 0.562. The van der Waals surface area contributed by atoms with E-state index in [0.29, 0.717) is 18.2 Å². The first kappa shape index (κ1) is 27.8. The molecule has 1 unspecified atom stereocenters. The van der Waals surface area contributed by atoms with Crippen LogP contribution in [0.3, 0.4) is 0 Å². The van der Waals surface area contributed by atoms with Crippen LogP contribution in [0.1, 0.15) is 101 Å². The van der Waals surface area contributed by atoms with Crippen molar-refractivity contribution < 1.29 is 0 Å². The molecule has 4 nitrogen and oxygen atoms in total. The lowest BCUT2D eigenvalue weighted by Gasteiger charge is -2.42. The van der Waals surface area contributed by atoms with Gasteiger partial charge in [-0.05, 0) is 86.0 Å². The Morgan fingerprint density at radius 2 is 1.07 bits per heavy atom. The smallest absolute Gasteiger partial charge is 0.0622 e. The molecule has 0 aromatic heterocycles. The predicted octanol–water partition coefficient (Wildman–Crippen LogP) is 5.69. The number of hydrogen-bond donors (Lipinski definition) is 0. The zero-order chi connectivity index (χ0) is 21.5. The second-order valence-corrected chi connectivity index (χ2v) is 8.75. The lowest BCUT2D eigenvalue weighted by molar-refractivity contribution is -0.0796. The number of rotatable bonds is 18. The molecule has 0 aromatic rings. The fourth-order valence-corrected chi connectivity index (χ4v) is 4.61. The van der Waals surface area contributed by atoms with E-state index in [-0.39, 0.29) is 0 Å². The van der Waals surface area contributed by atoms with Crippen LogP contribution >= 0.6 is 0 Å². The Bertz CT molecular complexity index is 327. The standard InChI is InChI=1S/C24H54N4/c1-10-15-20-27(28(22(6)7)23(8)9)21-16-17-24(25(13-4)14-5)26(18-11-2)19-12-3/h22-24H,10-21H2,1-9H3. The van der Waals surface area contributed by atoms with Crippen LogP contribution in [0, 0.1) is 0 Å². The molecule has 0 aliphatic carbocycles. The van der Waals surface area contributed by atoms with Crippen LogP contribution in [0.5, 0.6) is 0 Å². The molecular weight excluding hydrogens is 344 g/mol. The molecule has 28 heavy (non-hydrogen) atoms. The van der Waals surface area contributed by atoms with Crippen LogP contribution in [0.25, 0.3) is 0 Å². The van der Waals surface area contributed by atoms with E-state index < -0.39 is 0 Å². The molecule has 4 heteroatoms. The maximum absolute atomic E-state index is 2.74. The number of hydrazine groups is 1. The van der Waals surface area contributed by atoms with Crippen LogP contribution in [0.4, 0.5) is 0 Å². The van der Waals surface area contributed by atoms with Gasteiger partial charge in [0, 0.05) is 25.2 Å². The van der Waals surface area contributed by atoms with Crippen molar-refractivity contribution >= 4 is 0 Å². The monoisotopic (exact) mass is 398 g/mol. The molecule has 0 saturated heterocycles. The molecule has 1 atom stereocenters. The predicted molar refractivity (Wildman–Crippen MR) is 127 cm³/mol. The van der Waals surface area contributed by atoms with E-state index in [1.54, 1.807) is 0 Å². The highest BCUT2D eigenvalue weighted by molar-refractivity contribution is 4.74. The molecule has 0 aliphatic heterocycles. The van der Waals surface area contributed by atoms with Crippen LogP contribution < -0.4 is 0 Å². The molecule has 170 valence electrons. The third kappa shape index (κ3) is 10.0. The Morgan fingerprint density at radius 1 is 0.571 bits per heavy atom. The minimum Gasteiger partial charge on any atom is -0.288 e. The highest BCUT2D eigenvalue weighted by Crippen LogP contribution is 2.17. The third-order valence-electron chi connectivity index (χ3n) is 5.71. The maximum Gasteiger partial charge on any atom is 0.0622 e. The van der Waals surface area contributed by atoms with E-state index in [2.05, 4.69) is 82.1 Å². The van der Waals surface area contributed by atoms with Crippen molar-refractivity contribution in [3.05, 3.63) is 0 Å². The van der Waals surface area contributed by atoms with E-state index in [1.165, 1.54) is 64.7 Å². The topological polar surface area (TPSA) is 13.0 Å². The first-order chi connectivity index (χ1) is 13.4. The molecule has 0 radical (unpaired) electrons. The van der Waals surface area contributed by atoms with Crippen molar-refractivity contribution in [1.29, 1.82) is 0 Å². The van der Waals surface area contributed by atoms with Gasteiger partial charge in [-0.25, -0.2) is 10.0 Å². The SMILES string of the molecule is CCCCN(CCCC(N(CC)CC)N(CCC)CCC)N(C(C)C)C(C)C. The Kier molecular flexibility index (Phi) is 16.5. The zero-order valence-corrected chi connectivity index (χ0v) is 21.0. The summed E-state index contributed by atoms with van der Waals surface area (Å²) in [5.41, 5.74) is 0. The molecule has 0 aromatic carbocycles. The lowest BCUT2D eigenvalue weighted by atomic mass is 10.1. The van der Waals surface area contributed by atoms with Crippen LogP contribution in [0.15, 0.2) is 0 Å². The molecule has 0 saturated carbocycles. The molecule has 0 rings (SSSR count). The summed E-state index contributed by atoms with van der Waals surface area (Å²) in [6.45, 7) is 28.0. The van der Waals surface area contributed by atoms with Crippen LogP contribution in [-0.2, 0) is 0 Å². The van der Waals surface area contributed by atoms with Crippen molar-refractivity contribution in [2.24, 2.45) is 0 Å². The molecule has 0 bridgehead atoms. The summed E-state index contributed by atoms with van der Waals surface area (Å²) in [4.78, 5) is 5.41. The number of hydrogen-bond acceptors (Lipinski definition) is 4. The van der Waals surface area contributed by atoms with Gasteiger partial charge in [-0.2, -0.15) is 0 Å². The van der Waals surface area contributed by atoms with E-state index in [9.17, 15) is 0 Å². The van der Waals surface area contributed by atoms with Gasteiger partial charge in [0.2, 0.25) is 0 Å². The third-order valence-corrected chi connectivity index (χ3v) is 5.71. The maximum atomic E-state index is 2.74. The highest BCUT2D eigenvalue weighted by Gasteiger charge is 2.24. The zero-order valence-electron chi connectivity index (χ0n) is 21.0. The van der Waals surface area contributed by atoms with Crippen LogP contribution in [-0.4, -0.2) is 77.3 Å². The molecule has 0 fully saturated rings. The van der Waals surface area contributed by atoms with Gasteiger partial charge in [-0.1, -0.05) is 41.0 Å². The second kappa shape index (κ2) is 16.6. The normalized spacial score (nSPS) is 13.8. The lowest BCUT2D eigenvalue weighted by Crippen LogP contribution is -2.52. The highest BCUT2D eigenvalue weighted by atomic mass is 15.6. The average molecular weight is 399 g/mol. The van der Waals surface area contributed by atoms with E-state index >= 15 is 0 Å². The fraction of sp³-hybridized carbons (Fsp3) is 1.00. The van der Waals surface area contributed by atoms with Gasteiger partial charge in [0.15, 0.2) is 0 Å². The van der Waals surface area contributed by atoms with Gasteiger partial charge in [-0.3, -0.25) is 9.80 Å². The van der Waals surface area contributed by atoms with Crippen molar-refractivity contribution in [2.45, 2.75) is 119 Å². The van der Waals surface area contributed by atoms with Gasteiger partial charge in [-0.15, -0.1) is 0 Å². The first-order valence-corrected chi connectivity index (χ1v) is 12.4. The Balaban J connectivity index is 5.15. The fourth-order valence-electron chi connectivity index (χ4n) is 4.61. The first-order valence-electron chi connectivity index (χ1n) is 12.4. The molecule has 0 N–H and O–H groups in total. The summed E-state index contributed by atoms with van der Waals surface area (Å²) in [7, 11) is 0. The Hall–Kier alpha value is -0.160. The van der Waals surface area contributed by atoms with Crippen molar-refractivity contribution in [2.75, 3.05) is 39.3 Å². The quantitative estimate of drug-likeness (QED) is 0.217. The molecule has 0 amide bonds. The summed E-state index contributed by atoms with van der Waals surface area (Å²) in [6.07, 6.45) is 8.17. The molecule has 0 aliphatic rings. The molecule has 0 spiro atoms. The van der Waals surface area contributed by atoms with Gasteiger partial charge in [0.25, 0.3) is 0 Å². The van der Waals surface area contributed by atoms with E-state index in [1.807, 2.05) is 0 Å². The van der Waals surface area contributed by atoms with Gasteiger partial charge >= 0.3 is 0 Å². The number of nitrogens with zero attached hydrogens (tertiary/aromatic N) is 4.